The van der Waals surface area contributed by atoms with Crippen LogP contribution in [0.4, 0.5) is 5.82 Å². The van der Waals surface area contributed by atoms with Gasteiger partial charge in [-0.1, -0.05) is 6.92 Å². The van der Waals surface area contributed by atoms with Crippen LogP contribution in [-0.2, 0) is 0 Å². The molecule has 18 heavy (non-hydrogen) atoms. The van der Waals surface area contributed by atoms with E-state index in [0.29, 0.717) is 5.92 Å². The van der Waals surface area contributed by atoms with Crippen molar-refractivity contribution in [2.45, 2.75) is 44.9 Å². The van der Waals surface area contributed by atoms with Crippen molar-refractivity contribution >= 4 is 5.82 Å². The highest BCUT2D eigenvalue weighted by Gasteiger charge is 2.28. The van der Waals surface area contributed by atoms with Gasteiger partial charge in [0.25, 0.3) is 0 Å². The molecule has 0 spiro atoms. The van der Waals surface area contributed by atoms with E-state index < -0.39 is 0 Å². The van der Waals surface area contributed by atoms with Crippen molar-refractivity contribution in [1.29, 1.82) is 0 Å². The van der Waals surface area contributed by atoms with E-state index >= 15 is 0 Å². The van der Waals surface area contributed by atoms with Gasteiger partial charge in [0.1, 0.15) is 11.6 Å². The van der Waals surface area contributed by atoms with Crippen molar-refractivity contribution < 1.29 is 4.74 Å². The first-order valence-corrected chi connectivity index (χ1v) is 7.11. The van der Waals surface area contributed by atoms with E-state index in [2.05, 4.69) is 22.2 Å². The third-order valence-electron chi connectivity index (χ3n) is 3.38. The molecule has 4 nitrogen and oxygen atoms in total. The number of rotatable bonds is 7. The van der Waals surface area contributed by atoms with Gasteiger partial charge in [0.05, 0.1) is 6.61 Å². The van der Waals surface area contributed by atoms with Crippen LogP contribution in [0.5, 0.6) is 5.88 Å². The van der Waals surface area contributed by atoms with Crippen LogP contribution < -0.4 is 10.1 Å². The topological polar surface area (TPSA) is 47.0 Å². The highest BCUT2D eigenvalue weighted by molar-refractivity contribution is 5.39. The summed E-state index contributed by atoms with van der Waals surface area (Å²) in [7, 11) is 0. The molecule has 0 bridgehead atoms. The molecule has 1 aromatic heterocycles. The van der Waals surface area contributed by atoms with E-state index in [4.69, 9.17) is 4.74 Å². The molecule has 0 aliphatic heterocycles. The summed E-state index contributed by atoms with van der Waals surface area (Å²) < 4.78 is 5.78. The van der Waals surface area contributed by atoms with Gasteiger partial charge in [-0.05, 0) is 38.0 Å². The summed E-state index contributed by atoms with van der Waals surface area (Å²) in [6.07, 6.45) is 6.16. The van der Waals surface area contributed by atoms with Gasteiger partial charge in [-0.15, -0.1) is 0 Å². The fourth-order valence-electron chi connectivity index (χ4n) is 1.87. The predicted molar refractivity (Wildman–Crippen MR) is 71.0 cm³/mol. The third-order valence-corrected chi connectivity index (χ3v) is 3.38. The highest BCUT2D eigenvalue weighted by atomic mass is 16.5. The van der Waals surface area contributed by atoms with Gasteiger partial charge in [0, 0.05) is 18.5 Å². The number of hydrogen-bond donors (Lipinski definition) is 1. The zero-order chi connectivity index (χ0) is 12.4. The lowest BCUT2D eigenvalue weighted by Crippen LogP contribution is -2.08. The molecule has 3 rings (SSSR count). The monoisotopic (exact) mass is 247 g/mol. The summed E-state index contributed by atoms with van der Waals surface area (Å²) in [5, 5.41) is 3.33. The first kappa shape index (κ1) is 11.8. The summed E-state index contributed by atoms with van der Waals surface area (Å²) in [6, 6.07) is 1.93. The van der Waals surface area contributed by atoms with Crippen LogP contribution in [0, 0.1) is 5.92 Å². The van der Waals surface area contributed by atoms with E-state index in [1.807, 2.05) is 6.07 Å². The van der Waals surface area contributed by atoms with E-state index in [0.717, 1.165) is 43.0 Å². The van der Waals surface area contributed by atoms with Crippen molar-refractivity contribution in [1.82, 2.24) is 9.97 Å². The number of hydrogen-bond acceptors (Lipinski definition) is 4. The average Bonchev–Trinajstić information content (AvgIpc) is 3.27. The lowest BCUT2D eigenvalue weighted by atomic mass is 10.3. The summed E-state index contributed by atoms with van der Waals surface area (Å²) in [4.78, 5) is 9.10. The molecule has 1 heterocycles. The van der Waals surface area contributed by atoms with Crippen molar-refractivity contribution in [2.75, 3.05) is 18.5 Å². The number of anilines is 1. The van der Waals surface area contributed by atoms with Gasteiger partial charge in [-0.2, -0.15) is 4.98 Å². The van der Waals surface area contributed by atoms with Crippen LogP contribution >= 0.6 is 0 Å². The maximum absolute atomic E-state index is 5.78. The van der Waals surface area contributed by atoms with Gasteiger partial charge in [-0.25, -0.2) is 4.98 Å². The fourth-order valence-corrected chi connectivity index (χ4v) is 1.87. The molecule has 0 unspecified atom stereocenters. The van der Waals surface area contributed by atoms with E-state index in [1.165, 1.54) is 25.7 Å². The normalized spacial score (nSPS) is 18.7. The molecular weight excluding hydrogens is 226 g/mol. The smallest absolute Gasteiger partial charge is 0.218 e. The molecule has 4 heteroatoms. The van der Waals surface area contributed by atoms with Crippen LogP contribution in [0.1, 0.15) is 50.8 Å². The molecule has 0 radical (unpaired) electrons. The second kappa shape index (κ2) is 5.12. The van der Waals surface area contributed by atoms with Crippen molar-refractivity contribution in [3.8, 4) is 5.88 Å². The summed E-state index contributed by atoms with van der Waals surface area (Å²) in [5.41, 5.74) is 0. The van der Waals surface area contributed by atoms with E-state index in [9.17, 15) is 0 Å². The maximum atomic E-state index is 5.78. The SMILES string of the molecule is CCCNc1cc(OCC2CC2)nc(C2CC2)n1. The molecule has 2 fully saturated rings. The van der Waals surface area contributed by atoms with Crippen molar-refractivity contribution in [3.05, 3.63) is 11.9 Å². The zero-order valence-corrected chi connectivity index (χ0v) is 11.0. The highest BCUT2D eigenvalue weighted by Crippen LogP contribution is 2.39. The van der Waals surface area contributed by atoms with E-state index in [-0.39, 0.29) is 0 Å². The second-order valence-corrected chi connectivity index (χ2v) is 5.41. The fraction of sp³-hybridized carbons (Fsp3) is 0.714. The van der Waals surface area contributed by atoms with E-state index in [1.54, 1.807) is 0 Å². The molecular formula is C14H21N3O. The minimum Gasteiger partial charge on any atom is -0.477 e. The summed E-state index contributed by atoms with van der Waals surface area (Å²) >= 11 is 0. The molecule has 2 aliphatic rings. The lowest BCUT2D eigenvalue weighted by Gasteiger charge is -2.10. The molecule has 0 amide bonds. The van der Waals surface area contributed by atoms with Crippen LogP contribution in [0.3, 0.4) is 0 Å². The average molecular weight is 247 g/mol. The van der Waals surface area contributed by atoms with Gasteiger partial charge in [0.15, 0.2) is 0 Å². The van der Waals surface area contributed by atoms with Crippen LogP contribution in [-0.4, -0.2) is 23.1 Å². The number of nitrogens with zero attached hydrogens (tertiary/aromatic N) is 2. The molecule has 0 saturated heterocycles. The standard InChI is InChI=1S/C14H21N3O/c1-2-7-15-12-8-13(18-9-10-3-4-10)17-14(16-12)11-5-6-11/h8,10-11H,2-7,9H2,1H3,(H,15,16,17). The first-order chi connectivity index (χ1) is 8.85. The maximum Gasteiger partial charge on any atom is 0.218 e. The molecule has 2 saturated carbocycles. The molecule has 1 N–H and O–H groups in total. The number of aromatic nitrogens is 2. The van der Waals surface area contributed by atoms with Crippen LogP contribution in [0.25, 0.3) is 0 Å². The molecule has 2 aliphatic carbocycles. The first-order valence-electron chi connectivity index (χ1n) is 7.11. The van der Waals surface area contributed by atoms with Gasteiger partial charge in [-0.3, -0.25) is 0 Å². The second-order valence-electron chi connectivity index (χ2n) is 5.41. The Balaban J connectivity index is 1.70. The van der Waals surface area contributed by atoms with Gasteiger partial charge < -0.3 is 10.1 Å². The lowest BCUT2D eigenvalue weighted by molar-refractivity contribution is 0.287. The Labute approximate surface area is 108 Å². The van der Waals surface area contributed by atoms with Gasteiger partial charge >= 0.3 is 0 Å². The number of nitrogens with one attached hydrogen (secondary N) is 1. The minimum absolute atomic E-state index is 0.566. The van der Waals surface area contributed by atoms with Crippen LogP contribution in [0.2, 0.25) is 0 Å². The molecule has 98 valence electrons. The minimum atomic E-state index is 0.566. The Bertz CT molecular complexity index is 414. The Morgan fingerprint density at radius 3 is 2.78 bits per heavy atom. The Kier molecular flexibility index (Phi) is 3.35. The van der Waals surface area contributed by atoms with Gasteiger partial charge in [0.2, 0.25) is 5.88 Å². The Hall–Kier alpha value is -1.32. The molecule has 1 aromatic rings. The molecule has 0 aromatic carbocycles. The summed E-state index contributed by atoms with van der Waals surface area (Å²) in [6.45, 7) is 3.91. The van der Waals surface area contributed by atoms with Crippen molar-refractivity contribution in [3.63, 3.8) is 0 Å². The Morgan fingerprint density at radius 1 is 1.28 bits per heavy atom. The number of ether oxygens (including phenoxy) is 1. The van der Waals surface area contributed by atoms with Crippen LogP contribution in [0.15, 0.2) is 6.07 Å². The third kappa shape index (κ3) is 3.12. The molecule has 0 atom stereocenters. The Morgan fingerprint density at radius 2 is 2.11 bits per heavy atom. The quantitative estimate of drug-likeness (QED) is 0.804. The summed E-state index contributed by atoms with van der Waals surface area (Å²) in [5.74, 6) is 3.95. The van der Waals surface area contributed by atoms with Crippen molar-refractivity contribution in [2.24, 2.45) is 5.92 Å². The largest absolute Gasteiger partial charge is 0.477 e. The predicted octanol–water partition coefficient (Wildman–Crippen LogP) is 2.96. The zero-order valence-electron chi connectivity index (χ0n) is 11.0.